The number of aromatic nitrogens is 3. The van der Waals surface area contributed by atoms with Crippen molar-refractivity contribution in [2.75, 3.05) is 0 Å². The number of aromatic hydroxyl groups is 1. The van der Waals surface area contributed by atoms with Gasteiger partial charge in [-0.2, -0.15) is 0 Å². The van der Waals surface area contributed by atoms with Gasteiger partial charge in [-0.25, -0.2) is 4.98 Å². The predicted molar refractivity (Wildman–Crippen MR) is 75.0 cm³/mol. The Morgan fingerprint density at radius 3 is 2.68 bits per heavy atom. The third-order valence-electron chi connectivity index (χ3n) is 3.15. The lowest BCUT2D eigenvalue weighted by Crippen LogP contribution is -2.03. The van der Waals surface area contributed by atoms with Crippen LogP contribution in [0.5, 0.6) is 5.75 Å². The highest BCUT2D eigenvalue weighted by atomic mass is 16.3. The van der Waals surface area contributed by atoms with Crippen LogP contribution >= 0.6 is 0 Å². The van der Waals surface area contributed by atoms with Crippen LogP contribution in [0.3, 0.4) is 0 Å². The summed E-state index contributed by atoms with van der Waals surface area (Å²) in [6.07, 6.45) is 3.11. The molecule has 0 atom stereocenters. The number of hydrogen-bond donors (Lipinski definition) is 1. The maximum Gasteiger partial charge on any atom is 0.145 e. The molecule has 3 rings (SSSR count). The summed E-state index contributed by atoms with van der Waals surface area (Å²) in [5, 5.41) is 9.98. The van der Waals surface area contributed by atoms with E-state index in [4.69, 9.17) is 0 Å². The minimum absolute atomic E-state index is 0.153. The van der Waals surface area contributed by atoms with Gasteiger partial charge in [0.1, 0.15) is 11.6 Å². The maximum absolute atomic E-state index is 9.98. The molecule has 0 fully saturated rings. The highest BCUT2D eigenvalue weighted by Crippen LogP contribution is 2.32. The van der Waals surface area contributed by atoms with Crippen LogP contribution in [0.15, 0.2) is 42.7 Å². The summed E-state index contributed by atoms with van der Waals surface area (Å²) in [5.41, 5.74) is 2.71. The molecule has 4 heteroatoms. The van der Waals surface area contributed by atoms with Crippen LogP contribution in [-0.4, -0.2) is 19.6 Å². The quantitative estimate of drug-likeness (QED) is 0.761. The van der Waals surface area contributed by atoms with Crippen LogP contribution in [0.1, 0.15) is 19.9 Å². The van der Waals surface area contributed by atoms with E-state index in [1.54, 1.807) is 12.3 Å². The number of para-hydroxylation sites is 2. The van der Waals surface area contributed by atoms with Crippen molar-refractivity contribution in [3.63, 3.8) is 0 Å². The Bertz CT molecular complexity index is 731. The molecule has 4 nitrogen and oxygen atoms in total. The van der Waals surface area contributed by atoms with Gasteiger partial charge < -0.3 is 9.67 Å². The zero-order valence-electron chi connectivity index (χ0n) is 10.9. The number of benzene rings is 1. The molecular formula is C15H15N3O. The Kier molecular flexibility index (Phi) is 2.71. The maximum atomic E-state index is 9.98. The van der Waals surface area contributed by atoms with Gasteiger partial charge in [0.05, 0.1) is 22.8 Å². The number of imidazole rings is 1. The van der Waals surface area contributed by atoms with Crippen molar-refractivity contribution in [2.45, 2.75) is 19.9 Å². The van der Waals surface area contributed by atoms with Crippen LogP contribution in [0.25, 0.3) is 22.4 Å². The molecule has 2 heterocycles. The van der Waals surface area contributed by atoms with E-state index in [0.29, 0.717) is 5.56 Å². The fraction of sp³-hybridized carbons (Fsp3) is 0.200. The van der Waals surface area contributed by atoms with E-state index in [1.165, 1.54) is 6.20 Å². The fourth-order valence-corrected chi connectivity index (χ4v) is 2.33. The number of pyridine rings is 1. The van der Waals surface area contributed by atoms with Gasteiger partial charge in [-0.1, -0.05) is 12.1 Å². The van der Waals surface area contributed by atoms with Gasteiger partial charge in [-0.15, -0.1) is 0 Å². The second kappa shape index (κ2) is 4.39. The smallest absolute Gasteiger partial charge is 0.145 e. The summed E-state index contributed by atoms with van der Waals surface area (Å²) in [4.78, 5) is 8.55. The van der Waals surface area contributed by atoms with Gasteiger partial charge >= 0.3 is 0 Å². The molecule has 0 spiro atoms. The zero-order chi connectivity index (χ0) is 13.4. The van der Waals surface area contributed by atoms with E-state index in [1.807, 2.05) is 24.3 Å². The van der Waals surface area contributed by atoms with Gasteiger partial charge in [0, 0.05) is 12.2 Å². The van der Waals surface area contributed by atoms with Gasteiger partial charge in [0.15, 0.2) is 0 Å². The predicted octanol–water partition coefficient (Wildman–Crippen LogP) is 3.38. The molecule has 0 aliphatic carbocycles. The SMILES string of the molecule is CC(C)n1c(-c2ccncc2O)nc2ccccc21. The molecule has 96 valence electrons. The minimum atomic E-state index is 0.153. The molecule has 19 heavy (non-hydrogen) atoms. The molecule has 0 aliphatic heterocycles. The molecule has 0 bridgehead atoms. The van der Waals surface area contributed by atoms with Crippen LogP contribution in [0.2, 0.25) is 0 Å². The number of nitrogens with zero attached hydrogens (tertiary/aromatic N) is 3. The van der Waals surface area contributed by atoms with Crippen molar-refractivity contribution in [2.24, 2.45) is 0 Å². The van der Waals surface area contributed by atoms with E-state index < -0.39 is 0 Å². The average Bonchev–Trinajstić information content (AvgIpc) is 2.78. The molecule has 0 saturated heterocycles. The van der Waals surface area contributed by atoms with E-state index in [9.17, 15) is 5.11 Å². The lowest BCUT2D eigenvalue weighted by atomic mass is 10.2. The van der Waals surface area contributed by atoms with E-state index in [2.05, 4.69) is 28.4 Å². The van der Waals surface area contributed by atoms with E-state index in [-0.39, 0.29) is 11.8 Å². The largest absolute Gasteiger partial charge is 0.506 e. The van der Waals surface area contributed by atoms with Crippen LogP contribution < -0.4 is 0 Å². The second-order valence-corrected chi connectivity index (χ2v) is 4.78. The van der Waals surface area contributed by atoms with Crippen molar-refractivity contribution in [3.8, 4) is 17.1 Å². The van der Waals surface area contributed by atoms with Crippen molar-refractivity contribution in [1.82, 2.24) is 14.5 Å². The Morgan fingerprint density at radius 1 is 1.16 bits per heavy atom. The monoisotopic (exact) mass is 253 g/mol. The number of hydrogen-bond acceptors (Lipinski definition) is 3. The molecule has 2 aromatic heterocycles. The minimum Gasteiger partial charge on any atom is -0.506 e. The van der Waals surface area contributed by atoms with Gasteiger partial charge in [-0.3, -0.25) is 4.98 Å². The topological polar surface area (TPSA) is 50.9 Å². The molecule has 0 aliphatic rings. The molecule has 1 aromatic carbocycles. The fourth-order valence-electron chi connectivity index (χ4n) is 2.33. The average molecular weight is 253 g/mol. The molecule has 1 N–H and O–H groups in total. The molecular weight excluding hydrogens is 238 g/mol. The summed E-state index contributed by atoms with van der Waals surface area (Å²) in [6.45, 7) is 4.21. The van der Waals surface area contributed by atoms with Crippen molar-refractivity contribution in [3.05, 3.63) is 42.7 Å². The van der Waals surface area contributed by atoms with Crippen molar-refractivity contribution in [1.29, 1.82) is 0 Å². The van der Waals surface area contributed by atoms with Crippen LogP contribution in [0.4, 0.5) is 0 Å². The Hall–Kier alpha value is -2.36. The second-order valence-electron chi connectivity index (χ2n) is 4.78. The number of rotatable bonds is 2. The Morgan fingerprint density at radius 2 is 1.95 bits per heavy atom. The first kappa shape index (κ1) is 11.7. The van der Waals surface area contributed by atoms with E-state index >= 15 is 0 Å². The van der Waals surface area contributed by atoms with Crippen LogP contribution in [-0.2, 0) is 0 Å². The molecule has 0 amide bonds. The first-order valence-corrected chi connectivity index (χ1v) is 6.29. The molecule has 0 radical (unpaired) electrons. The molecule has 0 saturated carbocycles. The summed E-state index contributed by atoms with van der Waals surface area (Å²) in [5.74, 6) is 0.927. The standard InChI is InChI=1S/C15H15N3O/c1-10(2)18-13-6-4-3-5-12(13)17-15(18)11-7-8-16-9-14(11)19/h3-10,19H,1-2H3. The zero-order valence-corrected chi connectivity index (χ0v) is 10.9. The Labute approximate surface area is 111 Å². The third-order valence-corrected chi connectivity index (χ3v) is 3.15. The summed E-state index contributed by atoms with van der Waals surface area (Å²) < 4.78 is 2.13. The first-order valence-electron chi connectivity index (χ1n) is 6.29. The summed E-state index contributed by atoms with van der Waals surface area (Å²) in [7, 11) is 0. The van der Waals surface area contributed by atoms with Crippen molar-refractivity contribution < 1.29 is 5.11 Å². The third kappa shape index (κ3) is 1.85. The molecule has 0 unspecified atom stereocenters. The summed E-state index contributed by atoms with van der Waals surface area (Å²) >= 11 is 0. The lowest BCUT2D eigenvalue weighted by molar-refractivity contribution is 0.473. The number of fused-ring (bicyclic) bond motifs is 1. The van der Waals surface area contributed by atoms with Gasteiger partial charge in [0.25, 0.3) is 0 Å². The first-order chi connectivity index (χ1) is 9.18. The summed E-state index contributed by atoms with van der Waals surface area (Å²) in [6, 6.07) is 10.0. The lowest BCUT2D eigenvalue weighted by Gasteiger charge is -2.13. The highest BCUT2D eigenvalue weighted by molar-refractivity contribution is 5.81. The highest BCUT2D eigenvalue weighted by Gasteiger charge is 2.16. The molecule has 3 aromatic rings. The Balaban J connectivity index is 2.35. The van der Waals surface area contributed by atoms with Gasteiger partial charge in [0.2, 0.25) is 0 Å². The normalized spacial score (nSPS) is 11.3. The van der Waals surface area contributed by atoms with Gasteiger partial charge in [-0.05, 0) is 32.0 Å². The van der Waals surface area contributed by atoms with Crippen LogP contribution in [0, 0.1) is 0 Å². The van der Waals surface area contributed by atoms with E-state index in [0.717, 1.165) is 16.9 Å². The van der Waals surface area contributed by atoms with Crippen molar-refractivity contribution >= 4 is 11.0 Å².